The van der Waals surface area contributed by atoms with Crippen LogP contribution in [0.3, 0.4) is 0 Å². The number of hydrogen-bond donors (Lipinski definition) is 1. The molecule has 0 amide bonds. The van der Waals surface area contributed by atoms with Gasteiger partial charge in [-0.2, -0.15) is 0 Å². The second kappa shape index (κ2) is 3.47. The van der Waals surface area contributed by atoms with Crippen LogP contribution in [0.25, 0.3) is 0 Å². The Kier molecular flexibility index (Phi) is 2.30. The Morgan fingerprint density at radius 3 is 2.86 bits per heavy atom. The summed E-state index contributed by atoms with van der Waals surface area (Å²) in [5, 5.41) is 15.5. The first kappa shape index (κ1) is 9.29. The third-order valence-electron chi connectivity index (χ3n) is 2.19. The quantitative estimate of drug-likeness (QED) is 0.791. The van der Waals surface area contributed by atoms with E-state index in [0.717, 1.165) is 11.5 Å². The summed E-state index contributed by atoms with van der Waals surface area (Å²) in [5.41, 5.74) is 1.30. The van der Waals surface area contributed by atoms with E-state index in [1.807, 2.05) is 18.5 Å². The van der Waals surface area contributed by atoms with Gasteiger partial charge in [-0.25, -0.2) is 4.98 Å². The Balaban J connectivity index is 2.36. The number of hydrogen-bond acceptors (Lipinski definition) is 5. The summed E-state index contributed by atoms with van der Waals surface area (Å²) in [7, 11) is 1.86. The van der Waals surface area contributed by atoms with Gasteiger partial charge in [0.15, 0.2) is 0 Å². The van der Waals surface area contributed by atoms with E-state index in [9.17, 15) is 5.11 Å². The SMILES string of the molecule is Cc1ncc(C(O)c2csnn2)n1C. The molecule has 2 rings (SSSR count). The molecule has 0 spiro atoms. The summed E-state index contributed by atoms with van der Waals surface area (Å²) in [6.07, 6.45) is 0.916. The molecule has 5 nitrogen and oxygen atoms in total. The maximum atomic E-state index is 9.92. The molecule has 2 aromatic heterocycles. The van der Waals surface area contributed by atoms with Gasteiger partial charge in [0.25, 0.3) is 0 Å². The van der Waals surface area contributed by atoms with Crippen LogP contribution < -0.4 is 0 Å². The lowest BCUT2D eigenvalue weighted by molar-refractivity contribution is 0.206. The summed E-state index contributed by atoms with van der Waals surface area (Å²) < 4.78 is 5.54. The van der Waals surface area contributed by atoms with Crippen LogP contribution in [-0.2, 0) is 7.05 Å². The Morgan fingerprint density at radius 1 is 1.57 bits per heavy atom. The van der Waals surface area contributed by atoms with Crippen molar-refractivity contribution in [2.24, 2.45) is 7.05 Å². The van der Waals surface area contributed by atoms with Crippen LogP contribution in [0, 0.1) is 6.92 Å². The summed E-state index contributed by atoms with van der Waals surface area (Å²) in [6.45, 7) is 1.88. The average Bonchev–Trinajstić information content (AvgIpc) is 2.77. The molecule has 0 saturated heterocycles. The Hall–Kier alpha value is -1.27. The minimum absolute atomic E-state index is 0.568. The summed E-state index contributed by atoms with van der Waals surface area (Å²) >= 11 is 1.22. The van der Waals surface area contributed by atoms with Gasteiger partial charge in [-0.1, -0.05) is 4.49 Å². The molecule has 0 aliphatic carbocycles. The van der Waals surface area contributed by atoms with Gasteiger partial charge in [-0.3, -0.25) is 0 Å². The van der Waals surface area contributed by atoms with Crippen LogP contribution in [-0.4, -0.2) is 24.2 Å². The third-order valence-corrected chi connectivity index (χ3v) is 2.72. The predicted octanol–water partition coefficient (Wildman–Crippen LogP) is 0.662. The zero-order chi connectivity index (χ0) is 10.1. The molecule has 1 atom stereocenters. The van der Waals surface area contributed by atoms with E-state index < -0.39 is 6.10 Å². The molecule has 14 heavy (non-hydrogen) atoms. The van der Waals surface area contributed by atoms with Crippen LogP contribution in [0.15, 0.2) is 11.6 Å². The molecule has 0 bridgehead atoms. The lowest BCUT2D eigenvalue weighted by Gasteiger charge is -2.08. The first-order valence-corrected chi connectivity index (χ1v) is 4.97. The zero-order valence-electron chi connectivity index (χ0n) is 7.88. The summed E-state index contributed by atoms with van der Waals surface area (Å²) in [5.74, 6) is 0.863. The summed E-state index contributed by atoms with van der Waals surface area (Å²) in [6, 6.07) is 0. The highest BCUT2D eigenvalue weighted by Gasteiger charge is 2.17. The third kappa shape index (κ3) is 1.42. The van der Waals surface area contributed by atoms with E-state index in [1.54, 1.807) is 11.6 Å². The first-order chi connectivity index (χ1) is 6.70. The molecule has 1 N–H and O–H groups in total. The highest BCUT2D eigenvalue weighted by atomic mass is 32.1. The molecular weight excluding hydrogens is 200 g/mol. The molecule has 0 aromatic carbocycles. The van der Waals surface area contributed by atoms with Crippen molar-refractivity contribution in [3.63, 3.8) is 0 Å². The van der Waals surface area contributed by atoms with E-state index in [0.29, 0.717) is 5.69 Å². The maximum absolute atomic E-state index is 9.92. The van der Waals surface area contributed by atoms with Gasteiger partial charge in [0.1, 0.15) is 17.6 Å². The monoisotopic (exact) mass is 210 g/mol. The Morgan fingerprint density at radius 2 is 2.36 bits per heavy atom. The number of imidazole rings is 1. The molecule has 0 fully saturated rings. The van der Waals surface area contributed by atoms with Gasteiger partial charge in [-0.05, 0) is 18.5 Å². The second-order valence-corrected chi connectivity index (χ2v) is 3.63. The van der Waals surface area contributed by atoms with Gasteiger partial charge < -0.3 is 9.67 Å². The molecule has 74 valence electrons. The molecular formula is C8H10N4OS. The number of aryl methyl sites for hydroxylation is 1. The zero-order valence-corrected chi connectivity index (χ0v) is 8.69. The van der Waals surface area contributed by atoms with Crippen LogP contribution in [0.4, 0.5) is 0 Å². The maximum Gasteiger partial charge on any atom is 0.140 e. The first-order valence-electron chi connectivity index (χ1n) is 4.13. The fourth-order valence-electron chi connectivity index (χ4n) is 1.22. The molecule has 0 saturated carbocycles. The van der Waals surface area contributed by atoms with Crippen molar-refractivity contribution in [3.05, 3.63) is 28.8 Å². The lowest BCUT2D eigenvalue weighted by atomic mass is 10.2. The van der Waals surface area contributed by atoms with Gasteiger partial charge >= 0.3 is 0 Å². The molecule has 2 aromatic rings. The molecule has 2 heterocycles. The van der Waals surface area contributed by atoms with Crippen LogP contribution in [0.5, 0.6) is 0 Å². The largest absolute Gasteiger partial charge is 0.380 e. The predicted molar refractivity (Wildman–Crippen MR) is 51.9 cm³/mol. The lowest BCUT2D eigenvalue weighted by Crippen LogP contribution is -2.06. The van der Waals surface area contributed by atoms with Crippen LogP contribution >= 0.6 is 11.5 Å². The molecule has 6 heteroatoms. The van der Waals surface area contributed by atoms with Crippen molar-refractivity contribution >= 4 is 11.5 Å². The normalized spacial score (nSPS) is 13.1. The number of nitrogens with zero attached hydrogens (tertiary/aromatic N) is 4. The van der Waals surface area contributed by atoms with E-state index in [-0.39, 0.29) is 0 Å². The van der Waals surface area contributed by atoms with Gasteiger partial charge in [0.05, 0.1) is 11.9 Å². The smallest absolute Gasteiger partial charge is 0.140 e. The minimum atomic E-state index is -0.736. The Bertz CT molecular complexity index is 422. The second-order valence-electron chi connectivity index (χ2n) is 3.02. The van der Waals surface area contributed by atoms with E-state index in [1.165, 1.54) is 11.5 Å². The van der Waals surface area contributed by atoms with E-state index in [2.05, 4.69) is 14.6 Å². The van der Waals surface area contributed by atoms with Crippen molar-refractivity contribution in [3.8, 4) is 0 Å². The van der Waals surface area contributed by atoms with E-state index in [4.69, 9.17) is 0 Å². The van der Waals surface area contributed by atoms with E-state index >= 15 is 0 Å². The number of rotatable bonds is 2. The van der Waals surface area contributed by atoms with Gasteiger partial charge in [0.2, 0.25) is 0 Å². The topological polar surface area (TPSA) is 63.8 Å². The molecule has 0 radical (unpaired) electrons. The average molecular weight is 210 g/mol. The van der Waals surface area contributed by atoms with Crippen molar-refractivity contribution in [2.45, 2.75) is 13.0 Å². The highest BCUT2D eigenvalue weighted by molar-refractivity contribution is 7.03. The minimum Gasteiger partial charge on any atom is -0.380 e. The van der Waals surface area contributed by atoms with Crippen LogP contribution in [0.2, 0.25) is 0 Å². The highest BCUT2D eigenvalue weighted by Crippen LogP contribution is 2.20. The van der Waals surface area contributed by atoms with Crippen molar-refractivity contribution in [1.82, 2.24) is 19.1 Å². The fourth-order valence-corrected chi connectivity index (χ4v) is 1.69. The molecule has 0 aliphatic rings. The number of aliphatic hydroxyl groups excluding tert-OH is 1. The van der Waals surface area contributed by atoms with Crippen molar-refractivity contribution < 1.29 is 5.11 Å². The van der Waals surface area contributed by atoms with Gasteiger partial charge in [-0.15, -0.1) is 5.10 Å². The van der Waals surface area contributed by atoms with Crippen molar-refractivity contribution in [2.75, 3.05) is 0 Å². The standard InChI is InChI=1S/C8H10N4OS/c1-5-9-3-7(12(5)2)8(13)6-4-14-11-10-6/h3-4,8,13H,1-2H3. The molecule has 1 unspecified atom stereocenters. The fraction of sp³-hybridized carbons (Fsp3) is 0.375. The Labute approximate surface area is 85.2 Å². The number of aliphatic hydroxyl groups is 1. The summed E-state index contributed by atoms with van der Waals surface area (Å²) in [4.78, 5) is 4.11. The molecule has 0 aliphatic heterocycles. The van der Waals surface area contributed by atoms with Crippen LogP contribution in [0.1, 0.15) is 23.3 Å². The van der Waals surface area contributed by atoms with Crippen molar-refractivity contribution in [1.29, 1.82) is 0 Å². The van der Waals surface area contributed by atoms with Gasteiger partial charge in [0, 0.05) is 12.4 Å². The number of aromatic nitrogens is 4.